The predicted octanol–water partition coefficient (Wildman–Crippen LogP) is 3.30. The highest BCUT2D eigenvalue weighted by atomic mass is 35.7. The minimum atomic E-state index is -3.70. The van der Waals surface area contributed by atoms with Crippen molar-refractivity contribution in [2.45, 2.75) is 11.8 Å². The molecular weight excluding hydrogens is 243 g/mol. The van der Waals surface area contributed by atoms with E-state index in [9.17, 15) is 8.42 Å². The SMILES string of the molecule is C=C(C)c1cc(S(=O)(=O)Cl)ccc1Cl. The summed E-state index contributed by atoms with van der Waals surface area (Å²) in [6.07, 6.45) is 0. The van der Waals surface area contributed by atoms with Crippen LogP contribution in [0.1, 0.15) is 12.5 Å². The molecule has 0 aliphatic heterocycles. The van der Waals surface area contributed by atoms with E-state index >= 15 is 0 Å². The minimum absolute atomic E-state index is 0.0292. The first-order valence-corrected chi connectivity index (χ1v) is 6.41. The Morgan fingerprint density at radius 1 is 1.43 bits per heavy atom. The third kappa shape index (κ3) is 2.50. The summed E-state index contributed by atoms with van der Waals surface area (Å²) in [5.41, 5.74) is 1.28. The van der Waals surface area contributed by atoms with Gasteiger partial charge in [0.15, 0.2) is 0 Å². The molecule has 1 aromatic rings. The standard InChI is InChI=1S/C9H8Cl2O2S/c1-6(2)8-5-7(14(11,12)13)3-4-9(8)10/h3-5H,1H2,2H3. The van der Waals surface area contributed by atoms with Gasteiger partial charge in [0, 0.05) is 15.7 Å². The van der Waals surface area contributed by atoms with Crippen molar-refractivity contribution < 1.29 is 8.42 Å². The smallest absolute Gasteiger partial charge is 0.207 e. The minimum Gasteiger partial charge on any atom is -0.207 e. The van der Waals surface area contributed by atoms with Gasteiger partial charge in [-0.15, -0.1) is 0 Å². The summed E-state index contributed by atoms with van der Waals surface area (Å²) in [4.78, 5) is 0.0292. The van der Waals surface area contributed by atoms with E-state index in [1.165, 1.54) is 18.2 Å². The Labute approximate surface area is 92.6 Å². The van der Waals surface area contributed by atoms with E-state index < -0.39 is 9.05 Å². The van der Waals surface area contributed by atoms with Crippen molar-refractivity contribution in [1.82, 2.24) is 0 Å². The highest BCUT2D eigenvalue weighted by Crippen LogP contribution is 2.26. The molecule has 0 saturated carbocycles. The monoisotopic (exact) mass is 250 g/mol. The quantitative estimate of drug-likeness (QED) is 0.755. The molecule has 0 heterocycles. The van der Waals surface area contributed by atoms with E-state index in [0.717, 1.165) is 0 Å². The van der Waals surface area contributed by atoms with E-state index in [1.807, 2.05) is 0 Å². The maximum Gasteiger partial charge on any atom is 0.261 e. The fourth-order valence-corrected chi connectivity index (χ4v) is 2.04. The maximum absolute atomic E-state index is 11.0. The van der Waals surface area contributed by atoms with Crippen molar-refractivity contribution >= 4 is 36.9 Å². The second-order valence-corrected chi connectivity index (χ2v) is 5.83. The van der Waals surface area contributed by atoms with Gasteiger partial charge in [-0.05, 0) is 36.3 Å². The van der Waals surface area contributed by atoms with E-state index in [2.05, 4.69) is 6.58 Å². The molecule has 0 spiro atoms. The van der Waals surface area contributed by atoms with Crippen molar-refractivity contribution in [3.05, 3.63) is 35.4 Å². The van der Waals surface area contributed by atoms with Crippen LogP contribution in [0.3, 0.4) is 0 Å². The Bertz CT molecular complexity index is 478. The molecule has 0 unspecified atom stereocenters. The molecule has 0 bridgehead atoms. The third-order valence-electron chi connectivity index (χ3n) is 1.68. The number of allylic oxidation sites excluding steroid dienone is 1. The van der Waals surface area contributed by atoms with Gasteiger partial charge in [0.05, 0.1) is 4.90 Å². The van der Waals surface area contributed by atoms with Crippen LogP contribution in [-0.2, 0) is 9.05 Å². The number of hydrogen-bond donors (Lipinski definition) is 0. The van der Waals surface area contributed by atoms with Gasteiger partial charge in [0.2, 0.25) is 0 Å². The van der Waals surface area contributed by atoms with Crippen molar-refractivity contribution in [3.63, 3.8) is 0 Å². The summed E-state index contributed by atoms with van der Waals surface area (Å²) in [5, 5.41) is 0.460. The van der Waals surface area contributed by atoms with Crippen LogP contribution in [0.15, 0.2) is 29.7 Å². The fraction of sp³-hybridized carbons (Fsp3) is 0.111. The lowest BCUT2D eigenvalue weighted by Gasteiger charge is -2.04. The Hall–Kier alpha value is -0.510. The van der Waals surface area contributed by atoms with Crippen LogP contribution in [0.4, 0.5) is 0 Å². The second kappa shape index (κ2) is 3.93. The molecular formula is C9H8Cl2O2S. The lowest BCUT2D eigenvalue weighted by atomic mass is 10.1. The maximum atomic E-state index is 11.0. The highest BCUT2D eigenvalue weighted by molar-refractivity contribution is 8.13. The molecule has 0 N–H and O–H groups in total. The Morgan fingerprint density at radius 2 is 2.00 bits per heavy atom. The average molecular weight is 251 g/mol. The molecule has 0 aliphatic rings. The first kappa shape index (κ1) is 11.6. The van der Waals surface area contributed by atoms with E-state index in [-0.39, 0.29) is 4.90 Å². The van der Waals surface area contributed by atoms with E-state index in [1.54, 1.807) is 6.92 Å². The molecule has 14 heavy (non-hydrogen) atoms. The van der Waals surface area contributed by atoms with E-state index in [4.69, 9.17) is 22.3 Å². The summed E-state index contributed by atoms with van der Waals surface area (Å²) in [7, 11) is 1.48. The number of hydrogen-bond acceptors (Lipinski definition) is 2. The molecule has 76 valence electrons. The zero-order chi connectivity index (χ0) is 10.9. The molecule has 1 rings (SSSR count). The molecule has 0 aromatic heterocycles. The van der Waals surface area contributed by atoms with Crippen LogP contribution in [0, 0.1) is 0 Å². The summed E-state index contributed by atoms with van der Waals surface area (Å²) in [5.74, 6) is 0. The molecule has 1 aromatic carbocycles. The fourth-order valence-electron chi connectivity index (χ4n) is 0.983. The second-order valence-electron chi connectivity index (χ2n) is 2.86. The van der Waals surface area contributed by atoms with Gasteiger partial charge >= 0.3 is 0 Å². The average Bonchev–Trinajstić information content (AvgIpc) is 2.02. The lowest BCUT2D eigenvalue weighted by molar-refractivity contribution is 0.609. The zero-order valence-electron chi connectivity index (χ0n) is 7.42. The molecule has 2 nitrogen and oxygen atoms in total. The summed E-state index contributed by atoms with van der Waals surface area (Å²) in [6, 6.07) is 4.25. The Balaban J connectivity index is 3.42. The van der Waals surface area contributed by atoms with E-state index in [0.29, 0.717) is 16.2 Å². The van der Waals surface area contributed by atoms with Crippen molar-refractivity contribution in [2.75, 3.05) is 0 Å². The molecule has 0 amide bonds. The van der Waals surface area contributed by atoms with Crippen LogP contribution in [0.2, 0.25) is 5.02 Å². The molecule has 0 saturated heterocycles. The molecule has 0 radical (unpaired) electrons. The number of rotatable bonds is 2. The first-order chi connectivity index (χ1) is 6.32. The van der Waals surface area contributed by atoms with Crippen LogP contribution < -0.4 is 0 Å². The van der Waals surface area contributed by atoms with Gasteiger partial charge in [-0.3, -0.25) is 0 Å². The van der Waals surface area contributed by atoms with Gasteiger partial charge in [0.1, 0.15) is 0 Å². The van der Waals surface area contributed by atoms with Crippen LogP contribution in [0.5, 0.6) is 0 Å². The summed E-state index contributed by atoms with van der Waals surface area (Å²) in [6.45, 7) is 5.43. The van der Waals surface area contributed by atoms with Crippen molar-refractivity contribution in [3.8, 4) is 0 Å². The predicted molar refractivity (Wildman–Crippen MR) is 59.2 cm³/mol. The largest absolute Gasteiger partial charge is 0.261 e. The van der Waals surface area contributed by atoms with Crippen LogP contribution in [-0.4, -0.2) is 8.42 Å². The van der Waals surface area contributed by atoms with Gasteiger partial charge in [-0.1, -0.05) is 18.2 Å². The molecule has 0 fully saturated rings. The Kier molecular flexibility index (Phi) is 3.24. The van der Waals surface area contributed by atoms with Crippen LogP contribution >= 0.6 is 22.3 Å². The Morgan fingerprint density at radius 3 is 2.43 bits per heavy atom. The van der Waals surface area contributed by atoms with Gasteiger partial charge in [-0.2, -0.15) is 0 Å². The lowest BCUT2D eigenvalue weighted by Crippen LogP contribution is -1.92. The van der Waals surface area contributed by atoms with Gasteiger partial charge in [-0.25, -0.2) is 8.42 Å². The van der Waals surface area contributed by atoms with Gasteiger partial charge in [0.25, 0.3) is 9.05 Å². The molecule has 0 atom stereocenters. The zero-order valence-corrected chi connectivity index (χ0v) is 9.75. The van der Waals surface area contributed by atoms with Crippen molar-refractivity contribution in [2.24, 2.45) is 0 Å². The topological polar surface area (TPSA) is 34.1 Å². The van der Waals surface area contributed by atoms with Gasteiger partial charge < -0.3 is 0 Å². The highest BCUT2D eigenvalue weighted by Gasteiger charge is 2.12. The third-order valence-corrected chi connectivity index (χ3v) is 3.36. The normalized spacial score (nSPS) is 11.4. The van der Waals surface area contributed by atoms with Crippen molar-refractivity contribution in [1.29, 1.82) is 0 Å². The first-order valence-electron chi connectivity index (χ1n) is 3.72. The van der Waals surface area contributed by atoms with Crippen LogP contribution in [0.25, 0.3) is 5.57 Å². The number of benzene rings is 1. The molecule has 5 heteroatoms. The summed E-state index contributed by atoms with van der Waals surface area (Å²) >= 11 is 5.84. The summed E-state index contributed by atoms with van der Waals surface area (Å²) < 4.78 is 22.0. The number of halogens is 2. The molecule has 0 aliphatic carbocycles.